The van der Waals surface area contributed by atoms with Crippen molar-refractivity contribution in [3.63, 3.8) is 0 Å². The van der Waals surface area contributed by atoms with Crippen molar-refractivity contribution in [3.05, 3.63) is 40.2 Å². The number of anilines is 1. The zero-order valence-electron chi connectivity index (χ0n) is 9.89. The quantitative estimate of drug-likeness (QED) is 0.896. The van der Waals surface area contributed by atoms with Crippen LogP contribution in [-0.4, -0.2) is 15.9 Å². The van der Waals surface area contributed by atoms with E-state index in [1.54, 1.807) is 19.2 Å². The molecule has 0 fully saturated rings. The zero-order chi connectivity index (χ0) is 13.1. The summed E-state index contributed by atoms with van der Waals surface area (Å²) in [5.41, 5.74) is 1.29. The van der Waals surface area contributed by atoms with Crippen molar-refractivity contribution < 1.29 is 4.79 Å². The number of hydrogen-bond acceptors (Lipinski definition) is 5. The summed E-state index contributed by atoms with van der Waals surface area (Å²) in [6.45, 7) is 3.61. The minimum atomic E-state index is -0.322. The van der Waals surface area contributed by atoms with E-state index in [9.17, 15) is 4.79 Å². The Morgan fingerprint density at radius 2 is 2.22 bits per heavy atom. The molecule has 0 spiro atoms. The van der Waals surface area contributed by atoms with Gasteiger partial charge in [0.25, 0.3) is 5.91 Å². The molecule has 2 aromatic heterocycles. The normalized spacial score (nSPS) is 9.83. The molecule has 1 amide bonds. The van der Waals surface area contributed by atoms with Gasteiger partial charge in [-0.05, 0) is 26.0 Å². The topological polar surface area (TPSA) is 78.7 Å². The summed E-state index contributed by atoms with van der Waals surface area (Å²) in [6, 6.07) is 5.13. The van der Waals surface area contributed by atoms with Crippen LogP contribution < -0.4 is 5.32 Å². The van der Waals surface area contributed by atoms with Gasteiger partial charge in [-0.1, -0.05) is 0 Å². The minimum absolute atomic E-state index is 0.277. The molecule has 18 heavy (non-hydrogen) atoms. The van der Waals surface area contributed by atoms with Gasteiger partial charge in [0.05, 0.1) is 11.3 Å². The predicted octanol–water partition coefficient (Wildman–Crippen LogP) is 2.28. The summed E-state index contributed by atoms with van der Waals surface area (Å²) in [6.07, 6.45) is 1.69. The van der Waals surface area contributed by atoms with E-state index in [-0.39, 0.29) is 11.6 Å². The van der Waals surface area contributed by atoms with E-state index in [4.69, 9.17) is 5.26 Å². The SMILES string of the molecule is Cc1cnc(NC(=O)c2ccc(C#N)c(C)n2)s1. The number of carbonyl (C=O) groups excluding carboxylic acids is 1. The number of aryl methyl sites for hydroxylation is 2. The third-order valence-corrected chi connectivity index (χ3v) is 3.11. The molecule has 0 atom stereocenters. The zero-order valence-corrected chi connectivity index (χ0v) is 10.7. The van der Waals surface area contributed by atoms with Crippen molar-refractivity contribution >= 4 is 22.4 Å². The largest absolute Gasteiger partial charge is 0.296 e. The highest BCUT2D eigenvalue weighted by molar-refractivity contribution is 7.15. The first-order valence-corrected chi connectivity index (χ1v) is 6.03. The van der Waals surface area contributed by atoms with Crippen molar-refractivity contribution in [2.75, 3.05) is 5.32 Å². The van der Waals surface area contributed by atoms with Crippen LogP contribution in [0.2, 0.25) is 0 Å². The lowest BCUT2D eigenvalue weighted by Gasteiger charge is -2.02. The van der Waals surface area contributed by atoms with Crippen LogP contribution in [0.3, 0.4) is 0 Å². The first-order chi connectivity index (χ1) is 8.60. The van der Waals surface area contributed by atoms with Gasteiger partial charge in [0.15, 0.2) is 5.13 Å². The summed E-state index contributed by atoms with van der Waals surface area (Å²) in [4.78, 5) is 21.0. The van der Waals surface area contributed by atoms with Gasteiger partial charge in [-0.25, -0.2) is 9.97 Å². The third kappa shape index (κ3) is 2.52. The maximum Gasteiger partial charge on any atom is 0.276 e. The van der Waals surface area contributed by atoms with Crippen LogP contribution in [-0.2, 0) is 0 Å². The van der Waals surface area contributed by atoms with Crippen molar-refractivity contribution in [3.8, 4) is 6.07 Å². The monoisotopic (exact) mass is 258 g/mol. The van der Waals surface area contributed by atoms with E-state index in [0.29, 0.717) is 16.4 Å². The van der Waals surface area contributed by atoms with Gasteiger partial charge in [0.2, 0.25) is 0 Å². The number of nitriles is 1. The molecule has 6 heteroatoms. The highest BCUT2D eigenvalue weighted by atomic mass is 32.1. The van der Waals surface area contributed by atoms with Gasteiger partial charge in [-0.15, -0.1) is 11.3 Å². The molecular formula is C12H10N4OS. The molecule has 0 saturated heterocycles. The molecule has 0 aliphatic carbocycles. The first-order valence-electron chi connectivity index (χ1n) is 5.21. The number of nitrogens with one attached hydrogen (secondary N) is 1. The highest BCUT2D eigenvalue weighted by Crippen LogP contribution is 2.17. The number of aromatic nitrogens is 2. The Hall–Kier alpha value is -2.26. The van der Waals surface area contributed by atoms with Gasteiger partial charge in [-0.3, -0.25) is 10.1 Å². The number of pyridine rings is 1. The lowest BCUT2D eigenvalue weighted by molar-refractivity contribution is 0.102. The average Bonchev–Trinajstić information content (AvgIpc) is 2.74. The molecular weight excluding hydrogens is 248 g/mol. The molecule has 90 valence electrons. The average molecular weight is 258 g/mol. The summed E-state index contributed by atoms with van der Waals surface area (Å²) < 4.78 is 0. The van der Waals surface area contributed by atoms with Crippen LogP contribution in [0.25, 0.3) is 0 Å². The molecule has 0 saturated carbocycles. The van der Waals surface area contributed by atoms with E-state index in [1.165, 1.54) is 17.4 Å². The van der Waals surface area contributed by atoms with Crippen LogP contribution in [0.15, 0.2) is 18.3 Å². The smallest absolute Gasteiger partial charge is 0.276 e. The molecule has 0 radical (unpaired) electrons. The molecule has 0 bridgehead atoms. The van der Waals surface area contributed by atoms with Crippen molar-refractivity contribution in [1.82, 2.24) is 9.97 Å². The molecule has 0 unspecified atom stereocenters. The predicted molar refractivity (Wildman–Crippen MR) is 68.5 cm³/mol. The Kier molecular flexibility index (Phi) is 3.35. The van der Waals surface area contributed by atoms with E-state index >= 15 is 0 Å². The Balaban J connectivity index is 2.19. The Labute approximate surface area is 108 Å². The lowest BCUT2D eigenvalue weighted by Crippen LogP contribution is -2.14. The summed E-state index contributed by atoms with van der Waals surface area (Å²) >= 11 is 1.40. The fourth-order valence-electron chi connectivity index (χ4n) is 1.38. The van der Waals surface area contributed by atoms with Crippen LogP contribution in [0, 0.1) is 25.2 Å². The van der Waals surface area contributed by atoms with Gasteiger partial charge in [-0.2, -0.15) is 5.26 Å². The lowest BCUT2D eigenvalue weighted by atomic mass is 10.2. The summed E-state index contributed by atoms with van der Waals surface area (Å²) in [7, 11) is 0. The van der Waals surface area contributed by atoms with Crippen molar-refractivity contribution in [1.29, 1.82) is 5.26 Å². The number of nitrogens with zero attached hydrogens (tertiary/aromatic N) is 3. The Morgan fingerprint density at radius 3 is 2.78 bits per heavy atom. The molecule has 0 aliphatic heterocycles. The third-order valence-electron chi connectivity index (χ3n) is 2.28. The van der Waals surface area contributed by atoms with E-state index < -0.39 is 0 Å². The van der Waals surface area contributed by atoms with Gasteiger partial charge in [0.1, 0.15) is 11.8 Å². The Morgan fingerprint density at radius 1 is 1.44 bits per heavy atom. The number of hydrogen-bond donors (Lipinski definition) is 1. The summed E-state index contributed by atoms with van der Waals surface area (Å²) in [5, 5.41) is 12.0. The number of amides is 1. The maximum absolute atomic E-state index is 11.9. The van der Waals surface area contributed by atoms with Crippen molar-refractivity contribution in [2.24, 2.45) is 0 Å². The molecule has 1 N–H and O–H groups in total. The molecule has 0 aromatic carbocycles. The minimum Gasteiger partial charge on any atom is -0.296 e. The number of thiazole rings is 1. The molecule has 2 aromatic rings. The summed E-state index contributed by atoms with van der Waals surface area (Å²) in [5.74, 6) is -0.322. The Bertz CT molecular complexity index is 642. The van der Waals surface area contributed by atoms with E-state index in [2.05, 4.69) is 15.3 Å². The fourth-order valence-corrected chi connectivity index (χ4v) is 2.04. The van der Waals surface area contributed by atoms with Crippen LogP contribution in [0.1, 0.15) is 26.6 Å². The van der Waals surface area contributed by atoms with Crippen LogP contribution >= 0.6 is 11.3 Å². The van der Waals surface area contributed by atoms with Crippen molar-refractivity contribution in [2.45, 2.75) is 13.8 Å². The van der Waals surface area contributed by atoms with E-state index in [1.807, 2.05) is 13.0 Å². The molecule has 2 heterocycles. The van der Waals surface area contributed by atoms with Gasteiger partial charge in [0, 0.05) is 11.1 Å². The molecule has 2 rings (SSSR count). The van der Waals surface area contributed by atoms with Gasteiger partial charge < -0.3 is 0 Å². The van der Waals surface area contributed by atoms with E-state index in [0.717, 1.165) is 4.88 Å². The first kappa shape index (κ1) is 12.2. The number of carbonyl (C=O) groups is 1. The highest BCUT2D eigenvalue weighted by Gasteiger charge is 2.11. The van der Waals surface area contributed by atoms with Gasteiger partial charge >= 0.3 is 0 Å². The maximum atomic E-state index is 11.9. The fraction of sp³-hybridized carbons (Fsp3) is 0.167. The molecule has 0 aliphatic rings. The standard InChI is InChI=1S/C12H10N4OS/c1-7-6-14-12(18-7)16-11(17)10-4-3-9(5-13)8(2)15-10/h3-4,6H,1-2H3,(H,14,16,17). The van der Waals surface area contributed by atoms with Crippen LogP contribution in [0.4, 0.5) is 5.13 Å². The molecule has 5 nitrogen and oxygen atoms in total. The van der Waals surface area contributed by atoms with Crippen LogP contribution in [0.5, 0.6) is 0 Å². The second-order valence-electron chi connectivity index (χ2n) is 3.67. The second-order valence-corrected chi connectivity index (χ2v) is 4.91. The number of rotatable bonds is 2. The second kappa shape index (κ2) is 4.94.